The molecule has 0 spiro atoms. The molecule has 98 valence electrons. The van der Waals surface area contributed by atoms with E-state index in [0.29, 0.717) is 0 Å². The molecule has 1 heteroatoms. The standard InChI is InChI=1S/C15H33N/c1-5-8-9-10-12-15(16-13-7-3)14(4)11-6-2/h14-16H,5-13H2,1-4H3. The van der Waals surface area contributed by atoms with Gasteiger partial charge in [0.25, 0.3) is 0 Å². The van der Waals surface area contributed by atoms with Crippen LogP contribution < -0.4 is 5.32 Å². The molecule has 0 amide bonds. The first-order valence-corrected chi connectivity index (χ1v) is 7.49. The molecule has 0 aliphatic rings. The van der Waals surface area contributed by atoms with Crippen LogP contribution in [0.2, 0.25) is 0 Å². The van der Waals surface area contributed by atoms with Crippen molar-refractivity contribution in [2.75, 3.05) is 6.54 Å². The van der Waals surface area contributed by atoms with Gasteiger partial charge in [0.15, 0.2) is 0 Å². The molecule has 0 rings (SSSR count). The lowest BCUT2D eigenvalue weighted by Crippen LogP contribution is -2.35. The van der Waals surface area contributed by atoms with Crippen molar-refractivity contribution in [3.8, 4) is 0 Å². The van der Waals surface area contributed by atoms with Crippen LogP contribution in [0.25, 0.3) is 0 Å². The average molecular weight is 227 g/mol. The monoisotopic (exact) mass is 227 g/mol. The first-order chi connectivity index (χ1) is 7.76. The summed E-state index contributed by atoms with van der Waals surface area (Å²) in [5.74, 6) is 0.846. The highest BCUT2D eigenvalue weighted by atomic mass is 14.9. The Morgan fingerprint density at radius 1 is 0.812 bits per heavy atom. The summed E-state index contributed by atoms with van der Waals surface area (Å²) in [7, 11) is 0. The molecule has 2 atom stereocenters. The second kappa shape index (κ2) is 11.4. The van der Waals surface area contributed by atoms with Crippen molar-refractivity contribution in [2.24, 2.45) is 5.92 Å². The first kappa shape index (κ1) is 16.0. The molecule has 0 saturated heterocycles. The number of hydrogen-bond donors (Lipinski definition) is 1. The van der Waals surface area contributed by atoms with E-state index in [1.165, 1.54) is 57.9 Å². The van der Waals surface area contributed by atoms with Crippen LogP contribution in [0.3, 0.4) is 0 Å². The highest BCUT2D eigenvalue weighted by molar-refractivity contribution is 4.73. The van der Waals surface area contributed by atoms with Gasteiger partial charge in [-0.3, -0.25) is 0 Å². The molecule has 0 aliphatic heterocycles. The molecule has 0 heterocycles. The Balaban J connectivity index is 3.79. The predicted molar refractivity (Wildman–Crippen MR) is 74.9 cm³/mol. The van der Waals surface area contributed by atoms with Crippen LogP contribution >= 0.6 is 0 Å². The molecule has 0 aromatic rings. The number of rotatable bonds is 11. The third-order valence-electron chi connectivity index (χ3n) is 3.46. The number of nitrogens with one attached hydrogen (secondary N) is 1. The molecule has 16 heavy (non-hydrogen) atoms. The summed E-state index contributed by atoms with van der Waals surface area (Å²) in [6.45, 7) is 10.4. The highest BCUT2D eigenvalue weighted by Gasteiger charge is 2.14. The van der Waals surface area contributed by atoms with Crippen molar-refractivity contribution < 1.29 is 0 Å². The lowest BCUT2D eigenvalue weighted by atomic mass is 9.92. The molecular formula is C15H33N. The second-order valence-corrected chi connectivity index (χ2v) is 5.18. The summed E-state index contributed by atoms with van der Waals surface area (Å²) in [6.07, 6.45) is 10.9. The van der Waals surface area contributed by atoms with E-state index in [1.54, 1.807) is 0 Å². The zero-order valence-electron chi connectivity index (χ0n) is 12.0. The van der Waals surface area contributed by atoms with Gasteiger partial charge in [0.1, 0.15) is 0 Å². The van der Waals surface area contributed by atoms with Gasteiger partial charge in [0.05, 0.1) is 0 Å². The topological polar surface area (TPSA) is 12.0 Å². The van der Waals surface area contributed by atoms with Crippen LogP contribution in [0.1, 0.15) is 79.1 Å². The molecule has 0 aromatic carbocycles. The van der Waals surface area contributed by atoms with Gasteiger partial charge in [-0.15, -0.1) is 0 Å². The zero-order chi connectivity index (χ0) is 12.2. The predicted octanol–water partition coefficient (Wildman–Crippen LogP) is 4.76. The van der Waals surface area contributed by atoms with Crippen molar-refractivity contribution in [1.29, 1.82) is 0 Å². The van der Waals surface area contributed by atoms with E-state index in [1.807, 2.05) is 0 Å². The Bertz CT molecular complexity index is 133. The van der Waals surface area contributed by atoms with E-state index >= 15 is 0 Å². The Morgan fingerprint density at radius 2 is 1.56 bits per heavy atom. The first-order valence-electron chi connectivity index (χ1n) is 7.49. The Labute approximate surface area is 103 Å². The summed E-state index contributed by atoms with van der Waals surface area (Å²) in [5.41, 5.74) is 0. The maximum Gasteiger partial charge on any atom is 0.00926 e. The minimum absolute atomic E-state index is 0.761. The molecule has 0 saturated carbocycles. The van der Waals surface area contributed by atoms with Crippen LogP contribution in [0.15, 0.2) is 0 Å². The summed E-state index contributed by atoms with van der Waals surface area (Å²) in [4.78, 5) is 0. The highest BCUT2D eigenvalue weighted by Crippen LogP contribution is 2.17. The van der Waals surface area contributed by atoms with Crippen molar-refractivity contribution in [3.05, 3.63) is 0 Å². The van der Waals surface area contributed by atoms with E-state index in [4.69, 9.17) is 0 Å². The SMILES string of the molecule is CCCCCCC(NCCC)C(C)CCC. The zero-order valence-corrected chi connectivity index (χ0v) is 12.0. The third-order valence-corrected chi connectivity index (χ3v) is 3.46. The van der Waals surface area contributed by atoms with E-state index in [2.05, 4.69) is 33.0 Å². The van der Waals surface area contributed by atoms with Crippen molar-refractivity contribution in [1.82, 2.24) is 5.32 Å². The van der Waals surface area contributed by atoms with E-state index < -0.39 is 0 Å². The summed E-state index contributed by atoms with van der Waals surface area (Å²) < 4.78 is 0. The van der Waals surface area contributed by atoms with Crippen LogP contribution in [-0.2, 0) is 0 Å². The molecule has 2 unspecified atom stereocenters. The molecule has 1 nitrogen and oxygen atoms in total. The Hall–Kier alpha value is -0.0400. The summed E-state index contributed by atoms with van der Waals surface area (Å²) >= 11 is 0. The molecule has 0 aliphatic carbocycles. The molecule has 1 N–H and O–H groups in total. The maximum absolute atomic E-state index is 3.73. The summed E-state index contributed by atoms with van der Waals surface area (Å²) in [6, 6.07) is 0.761. The van der Waals surface area contributed by atoms with Crippen molar-refractivity contribution in [2.45, 2.75) is 85.1 Å². The Morgan fingerprint density at radius 3 is 2.12 bits per heavy atom. The maximum atomic E-state index is 3.73. The molecule has 0 bridgehead atoms. The molecular weight excluding hydrogens is 194 g/mol. The quantitative estimate of drug-likeness (QED) is 0.502. The smallest absolute Gasteiger partial charge is 0.00926 e. The fourth-order valence-electron chi connectivity index (χ4n) is 2.37. The number of unbranched alkanes of at least 4 members (excludes halogenated alkanes) is 3. The van der Waals surface area contributed by atoms with Gasteiger partial charge in [0.2, 0.25) is 0 Å². The van der Waals surface area contributed by atoms with Crippen LogP contribution in [0.4, 0.5) is 0 Å². The van der Waals surface area contributed by atoms with Gasteiger partial charge in [-0.25, -0.2) is 0 Å². The minimum Gasteiger partial charge on any atom is -0.314 e. The fraction of sp³-hybridized carbons (Fsp3) is 1.00. The summed E-state index contributed by atoms with van der Waals surface area (Å²) in [5, 5.41) is 3.73. The lowest BCUT2D eigenvalue weighted by molar-refractivity contribution is 0.328. The van der Waals surface area contributed by atoms with Gasteiger partial charge < -0.3 is 5.32 Å². The third kappa shape index (κ3) is 8.15. The van der Waals surface area contributed by atoms with Gasteiger partial charge in [-0.1, -0.05) is 59.8 Å². The van der Waals surface area contributed by atoms with Crippen LogP contribution in [0.5, 0.6) is 0 Å². The van der Waals surface area contributed by atoms with E-state index in [0.717, 1.165) is 12.0 Å². The molecule has 0 fully saturated rings. The van der Waals surface area contributed by atoms with Crippen molar-refractivity contribution >= 4 is 0 Å². The Kier molecular flexibility index (Phi) is 11.4. The van der Waals surface area contributed by atoms with Gasteiger partial charge in [-0.05, 0) is 31.7 Å². The van der Waals surface area contributed by atoms with E-state index in [-0.39, 0.29) is 0 Å². The van der Waals surface area contributed by atoms with Gasteiger partial charge >= 0.3 is 0 Å². The normalized spacial score (nSPS) is 15.0. The van der Waals surface area contributed by atoms with Gasteiger partial charge in [0, 0.05) is 6.04 Å². The average Bonchev–Trinajstić information content (AvgIpc) is 2.28. The largest absolute Gasteiger partial charge is 0.314 e. The van der Waals surface area contributed by atoms with Crippen LogP contribution in [-0.4, -0.2) is 12.6 Å². The lowest BCUT2D eigenvalue weighted by Gasteiger charge is -2.25. The minimum atomic E-state index is 0.761. The van der Waals surface area contributed by atoms with Gasteiger partial charge in [-0.2, -0.15) is 0 Å². The second-order valence-electron chi connectivity index (χ2n) is 5.18. The molecule has 0 aromatic heterocycles. The number of hydrogen-bond acceptors (Lipinski definition) is 1. The molecule has 0 radical (unpaired) electrons. The van der Waals surface area contributed by atoms with Crippen LogP contribution in [0, 0.1) is 5.92 Å². The van der Waals surface area contributed by atoms with Crippen molar-refractivity contribution in [3.63, 3.8) is 0 Å². The fourth-order valence-corrected chi connectivity index (χ4v) is 2.37. The van der Waals surface area contributed by atoms with E-state index in [9.17, 15) is 0 Å².